The molecule has 2 saturated carbocycles. The molecule has 0 unspecified atom stereocenters. The zero-order valence-electron chi connectivity index (χ0n) is 20.9. The molecule has 3 nitrogen and oxygen atoms in total. The summed E-state index contributed by atoms with van der Waals surface area (Å²) in [4.78, 5) is 12.7. The highest BCUT2D eigenvalue weighted by Gasteiger charge is 2.30. The summed E-state index contributed by atoms with van der Waals surface area (Å²) >= 11 is 0. The van der Waals surface area contributed by atoms with Crippen LogP contribution >= 0.6 is 0 Å². The molecule has 0 spiro atoms. The van der Waals surface area contributed by atoms with E-state index >= 15 is 0 Å². The van der Waals surface area contributed by atoms with Crippen LogP contribution < -0.4 is 4.74 Å². The van der Waals surface area contributed by atoms with E-state index in [0.29, 0.717) is 61.5 Å². The summed E-state index contributed by atoms with van der Waals surface area (Å²) in [5, 5.41) is 0. The van der Waals surface area contributed by atoms with E-state index in [-0.39, 0.29) is 23.2 Å². The fourth-order valence-electron chi connectivity index (χ4n) is 5.50. The number of halogens is 3. The van der Waals surface area contributed by atoms with E-state index in [4.69, 9.17) is 9.47 Å². The molecule has 0 heterocycles. The first kappa shape index (κ1) is 26.3. The monoisotopic (exact) mass is 500 g/mol. The van der Waals surface area contributed by atoms with Crippen LogP contribution in [0.25, 0.3) is 0 Å². The second kappa shape index (κ2) is 12.0. The minimum absolute atomic E-state index is 0.00820. The lowest BCUT2D eigenvalue weighted by Crippen LogP contribution is -2.25. The van der Waals surface area contributed by atoms with Crippen molar-refractivity contribution < 1.29 is 27.4 Å². The minimum Gasteiger partial charge on any atom is -0.493 e. The Balaban J connectivity index is 1.33. The van der Waals surface area contributed by atoms with Crippen molar-refractivity contribution >= 4 is 5.97 Å². The van der Waals surface area contributed by atoms with E-state index in [1.165, 1.54) is 12.1 Å². The Morgan fingerprint density at radius 1 is 0.917 bits per heavy atom. The maximum atomic E-state index is 14.8. The molecular weight excluding hydrogens is 465 g/mol. The molecular formula is C30H35F3O3. The van der Waals surface area contributed by atoms with Gasteiger partial charge < -0.3 is 9.47 Å². The van der Waals surface area contributed by atoms with Crippen molar-refractivity contribution in [2.75, 3.05) is 6.61 Å². The number of esters is 1. The first-order chi connectivity index (χ1) is 17.4. The largest absolute Gasteiger partial charge is 0.493 e. The summed E-state index contributed by atoms with van der Waals surface area (Å²) in [5.74, 6) is -2.11. The van der Waals surface area contributed by atoms with Gasteiger partial charge in [-0.2, -0.15) is 0 Å². The molecule has 0 radical (unpaired) electrons. The summed E-state index contributed by atoms with van der Waals surface area (Å²) in [7, 11) is 0. The van der Waals surface area contributed by atoms with E-state index in [2.05, 4.69) is 13.5 Å². The van der Waals surface area contributed by atoms with Gasteiger partial charge >= 0.3 is 5.97 Å². The minimum atomic E-state index is -1.12. The Bertz CT molecular complexity index is 1070. The maximum absolute atomic E-state index is 14.8. The first-order valence-electron chi connectivity index (χ1n) is 13.1. The summed E-state index contributed by atoms with van der Waals surface area (Å²) in [6, 6.07) is 7.82. The fraction of sp³-hybridized carbons (Fsp3) is 0.500. The van der Waals surface area contributed by atoms with Crippen LogP contribution in [-0.2, 0) is 4.74 Å². The lowest BCUT2D eigenvalue weighted by molar-refractivity contribution is 0.0188. The molecule has 2 aliphatic carbocycles. The van der Waals surface area contributed by atoms with Gasteiger partial charge in [-0.1, -0.05) is 38.0 Å². The molecule has 194 valence electrons. The smallest absolute Gasteiger partial charge is 0.341 e. The van der Waals surface area contributed by atoms with Crippen molar-refractivity contribution in [2.24, 2.45) is 5.92 Å². The molecule has 0 N–H and O–H groups in total. The number of carbonyl (C=O) groups excluding carboxylic acids is 1. The van der Waals surface area contributed by atoms with Gasteiger partial charge in [0, 0.05) is 6.07 Å². The Kier molecular flexibility index (Phi) is 8.76. The molecule has 4 rings (SSSR count). The van der Waals surface area contributed by atoms with Crippen molar-refractivity contribution in [1.82, 2.24) is 0 Å². The zero-order chi connectivity index (χ0) is 25.7. The van der Waals surface area contributed by atoms with Gasteiger partial charge in [0.2, 0.25) is 0 Å². The number of rotatable bonds is 8. The van der Waals surface area contributed by atoms with Gasteiger partial charge in [-0.05, 0) is 86.0 Å². The van der Waals surface area contributed by atoms with Gasteiger partial charge in [-0.15, -0.1) is 6.58 Å². The van der Waals surface area contributed by atoms with Crippen LogP contribution in [0.15, 0.2) is 43.0 Å². The molecule has 6 heteroatoms. The second-order valence-corrected chi connectivity index (χ2v) is 10.3. The van der Waals surface area contributed by atoms with Gasteiger partial charge in [0.15, 0.2) is 11.6 Å². The van der Waals surface area contributed by atoms with Crippen LogP contribution in [0, 0.1) is 23.4 Å². The molecule has 0 atom stereocenters. The average Bonchev–Trinajstić information content (AvgIpc) is 2.87. The van der Waals surface area contributed by atoms with Crippen LogP contribution in [0.4, 0.5) is 13.2 Å². The van der Waals surface area contributed by atoms with Crippen LogP contribution in [0.3, 0.4) is 0 Å². The van der Waals surface area contributed by atoms with E-state index in [0.717, 1.165) is 25.7 Å². The lowest BCUT2D eigenvalue weighted by Gasteiger charge is -2.29. The standard InChI is InChI=1S/C30H35F3O3/c1-3-4-17-35-23-13-14-24(27(31)18-23)20-9-11-22(12-10-20)36-30(34)26-16-15-25(28(32)29(26)33)21-7-5-19(2)6-8-21/h3,13-16,18-22H,1,4-12,17H2,2H3. The maximum Gasteiger partial charge on any atom is 0.341 e. The zero-order valence-corrected chi connectivity index (χ0v) is 20.9. The van der Waals surface area contributed by atoms with Crippen LogP contribution in [-0.4, -0.2) is 18.7 Å². The van der Waals surface area contributed by atoms with Crippen molar-refractivity contribution in [1.29, 1.82) is 0 Å². The Morgan fingerprint density at radius 3 is 2.22 bits per heavy atom. The normalized spacial score (nSPS) is 24.2. The summed E-state index contributed by atoms with van der Waals surface area (Å²) in [6.45, 7) is 6.26. The number of benzene rings is 2. The van der Waals surface area contributed by atoms with Crippen molar-refractivity contribution in [3.63, 3.8) is 0 Å². The molecule has 0 amide bonds. The van der Waals surface area contributed by atoms with E-state index < -0.39 is 23.7 Å². The summed E-state index contributed by atoms with van der Waals surface area (Å²) < 4.78 is 55.4. The third-order valence-electron chi connectivity index (χ3n) is 7.74. The van der Waals surface area contributed by atoms with Crippen LogP contribution in [0.5, 0.6) is 5.75 Å². The lowest BCUT2D eigenvalue weighted by atomic mass is 9.79. The van der Waals surface area contributed by atoms with Gasteiger partial charge in [0.25, 0.3) is 0 Å². The number of ether oxygens (including phenoxy) is 2. The van der Waals surface area contributed by atoms with E-state index in [1.807, 2.05) is 0 Å². The van der Waals surface area contributed by atoms with Gasteiger partial charge in [0.1, 0.15) is 17.7 Å². The highest BCUT2D eigenvalue weighted by Crippen LogP contribution is 2.39. The van der Waals surface area contributed by atoms with Crippen LogP contribution in [0.2, 0.25) is 0 Å². The highest BCUT2D eigenvalue weighted by atomic mass is 19.2. The topological polar surface area (TPSA) is 35.5 Å². The molecule has 0 saturated heterocycles. The molecule has 36 heavy (non-hydrogen) atoms. The number of carbonyl (C=O) groups is 1. The predicted molar refractivity (Wildman–Crippen MR) is 134 cm³/mol. The Labute approximate surface area is 211 Å². The SMILES string of the molecule is C=CCCOc1ccc(C2CCC(OC(=O)c3ccc(C4CCC(C)CC4)c(F)c3F)CC2)c(F)c1. The molecule has 2 aromatic rings. The van der Waals surface area contributed by atoms with Gasteiger partial charge in [-0.25, -0.2) is 18.0 Å². The molecule has 0 aliphatic heterocycles. The van der Waals surface area contributed by atoms with Crippen molar-refractivity contribution in [3.05, 3.63) is 77.1 Å². The predicted octanol–water partition coefficient (Wildman–Crippen LogP) is 8.24. The fourth-order valence-corrected chi connectivity index (χ4v) is 5.50. The molecule has 2 aromatic carbocycles. The summed E-state index contributed by atoms with van der Waals surface area (Å²) in [6.07, 6.45) is 8.03. The summed E-state index contributed by atoms with van der Waals surface area (Å²) in [5.41, 5.74) is 0.618. The van der Waals surface area contributed by atoms with Crippen molar-refractivity contribution in [2.45, 2.75) is 82.7 Å². The Morgan fingerprint density at radius 2 is 1.56 bits per heavy atom. The third kappa shape index (κ3) is 6.13. The molecule has 2 fully saturated rings. The molecule has 2 aliphatic rings. The average molecular weight is 501 g/mol. The Hall–Kier alpha value is -2.76. The van der Waals surface area contributed by atoms with Crippen LogP contribution in [0.1, 0.15) is 98.0 Å². The third-order valence-corrected chi connectivity index (χ3v) is 7.74. The highest BCUT2D eigenvalue weighted by molar-refractivity contribution is 5.90. The molecule has 0 aromatic heterocycles. The first-order valence-corrected chi connectivity index (χ1v) is 13.1. The van der Waals surface area contributed by atoms with Gasteiger partial charge in [0.05, 0.1) is 12.2 Å². The number of hydrogen-bond donors (Lipinski definition) is 0. The second-order valence-electron chi connectivity index (χ2n) is 10.3. The van der Waals surface area contributed by atoms with Crippen molar-refractivity contribution in [3.8, 4) is 5.75 Å². The molecule has 0 bridgehead atoms. The van der Waals surface area contributed by atoms with E-state index in [1.54, 1.807) is 24.3 Å². The quantitative estimate of drug-likeness (QED) is 0.208. The van der Waals surface area contributed by atoms with Gasteiger partial charge in [-0.3, -0.25) is 0 Å². The number of hydrogen-bond acceptors (Lipinski definition) is 3. The van der Waals surface area contributed by atoms with E-state index in [9.17, 15) is 18.0 Å².